The van der Waals surface area contributed by atoms with Gasteiger partial charge in [-0.1, -0.05) is 35.3 Å². The van der Waals surface area contributed by atoms with Crippen molar-refractivity contribution < 1.29 is 14.6 Å². The van der Waals surface area contributed by atoms with Gasteiger partial charge in [0.05, 0.1) is 28.5 Å². The van der Waals surface area contributed by atoms with Crippen molar-refractivity contribution in [3.8, 4) is 5.75 Å². The van der Waals surface area contributed by atoms with Crippen LogP contribution in [0.2, 0.25) is 10.0 Å². The number of rotatable bonds is 5. The minimum absolute atomic E-state index is 0.239. The number of halogens is 2. The Labute approximate surface area is 154 Å². The fraction of sp³-hybridized carbons (Fsp3) is 0.118. The lowest BCUT2D eigenvalue weighted by Crippen LogP contribution is -2.15. The summed E-state index contributed by atoms with van der Waals surface area (Å²) in [5.74, 6) is -0.434. The first-order valence-electron chi connectivity index (χ1n) is 7.13. The summed E-state index contributed by atoms with van der Waals surface area (Å²) in [5.41, 5.74) is 0.591. The van der Waals surface area contributed by atoms with Crippen LogP contribution >= 0.6 is 23.2 Å². The zero-order chi connectivity index (χ0) is 18.4. The highest BCUT2D eigenvalue weighted by Crippen LogP contribution is 2.28. The van der Waals surface area contributed by atoms with Crippen molar-refractivity contribution in [3.63, 3.8) is 0 Å². The van der Waals surface area contributed by atoms with Crippen LogP contribution in [0.15, 0.2) is 64.1 Å². The molecule has 0 saturated heterocycles. The number of allylic oxidation sites excluding steroid dienone is 1. The molecule has 0 aliphatic rings. The third-order valence-corrected chi connectivity index (χ3v) is 3.82. The largest absolute Gasteiger partial charge is 0.510 e. The maximum Gasteiger partial charge on any atom is 0.279 e. The Kier molecular flexibility index (Phi) is 6.38. The second-order valence-corrected chi connectivity index (χ2v) is 5.70. The summed E-state index contributed by atoms with van der Waals surface area (Å²) in [4.78, 5) is 12.4. The molecule has 0 saturated carbocycles. The zero-order valence-corrected chi connectivity index (χ0v) is 15.0. The number of carbonyl (C=O) groups excluding carboxylic acids is 1. The van der Waals surface area contributed by atoms with Gasteiger partial charge >= 0.3 is 0 Å². The maximum atomic E-state index is 12.4. The number of hydrogen-bond donors (Lipinski definition) is 2. The van der Waals surface area contributed by atoms with E-state index in [9.17, 15) is 9.90 Å². The Balaban J connectivity index is 2.23. The van der Waals surface area contributed by atoms with Crippen molar-refractivity contribution in [2.24, 2.45) is 10.2 Å². The molecule has 0 atom stereocenters. The summed E-state index contributed by atoms with van der Waals surface area (Å²) in [6.45, 7) is 1.34. The van der Waals surface area contributed by atoms with Gasteiger partial charge in [-0.2, -0.15) is 5.11 Å². The Morgan fingerprint density at radius 2 is 1.88 bits per heavy atom. The van der Waals surface area contributed by atoms with E-state index in [0.717, 1.165) is 0 Å². The number of anilines is 1. The number of amides is 1. The van der Waals surface area contributed by atoms with Crippen molar-refractivity contribution in [1.29, 1.82) is 0 Å². The fourth-order valence-electron chi connectivity index (χ4n) is 1.87. The molecule has 0 heterocycles. The molecular weight excluding hydrogens is 365 g/mol. The topological polar surface area (TPSA) is 83.3 Å². The Morgan fingerprint density at radius 1 is 1.16 bits per heavy atom. The van der Waals surface area contributed by atoms with E-state index >= 15 is 0 Å². The van der Waals surface area contributed by atoms with Gasteiger partial charge in [0.25, 0.3) is 5.91 Å². The van der Waals surface area contributed by atoms with Gasteiger partial charge in [0, 0.05) is 0 Å². The maximum absolute atomic E-state index is 12.4. The molecule has 25 heavy (non-hydrogen) atoms. The van der Waals surface area contributed by atoms with Crippen LogP contribution in [0.3, 0.4) is 0 Å². The van der Waals surface area contributed by atoms with Crippen LogP contribution in [0.1, 0.15) is 6.92 Å². The van der Waals surface area contributed by atoms with Gasteiger partial charge in [-0.05, 0) is 37.3 Å². The molecule has 0 spiro atoms. The van der Waals surface area contributed by atoms with Crippen LogP contribution in [0, 0.1) is 0 Å². The highest BCUT2D eigenvalue weighted by molar-refractivity contribution is 6.42. The molecule has 1 amide bonds. The molecule has 2 aromatic rings. The fourth-order valence-corrected chi connectivity index (χ4v) is 2.16. The average molecular weight is 380 g/mol. The number of aliphatic hydroxyl groups excluding tert-OH is 1. The molecule has 0 aliphatic carbocycles. The predicted molar refractivity (Wildman–Crippen MR) is 97.9 cm³/mol. The molecule has 0 radical (unpaired) electrons. The normalized spacial score (nSPS) is 12.0. The number of nitrogens with one attached hydrogen (secondary N) is 1. The van der Waals surface area contributed by atoms with Gasteiger partial charge in [-0.15, -0.1) is 5.11 Å². The SMILES string of the molecule is COc1ccccc1NC(=O)/C(N=Nc1ccc(Cl)c(Cl)c1)=C(/C)O. The lowest BCUT2D eigenvalue weighted by molar-refractivity contribution is -0.113. The van der Waals surface area contributed by atoms with Gasteiger partial charge in [0.1, 0.15) is 11.5 Å². The Hall–Kier alpha value is -2.57. The van der Waals surface area contributed by atoms with E-state index in [0.29, 0.717) is 27.2 Å². The number of hydrogen-bond acceptors (Lipinski definition) is 5. The summed E-state index contributed by atoms with van der Waals surface area (Å²) in [7, 11) is 1.49. The Bertz CT molecular complexity index is 847. The summed E-state index contributed by atoms with van der Waals surface area (Å²) >= 11 is 11.7. The van der Waals surface area contributed by atoms with Crippen LogP contribution in [0.4, 0.5) is 11.4 Å². The van der Waals surface area contributed by atoms with E-state index in [4.69, 9.17) is 27.9 Å². The summed E-state index contributed by atoms with van der Waals surface area (Å²) < 4.78 is 5.17. The quantitative estimate of drug-likeness (QED) is 0.407. The van der Waals surface area contributed by atoms with Crippen LogP contribution in [-0.4, -0.2) is 18.1 Å². The zero-order valence-electron chi connectivity index (χ0n) is 13.5. The van der Waals surface area contributed by atoms with E-state index in [1.54, 1.807) is 36.4 Å². The van der Waals surface area contributed by atoms with Gasteiger partial charge in [0.2, 0.25) is 0 Å². The highest BCUT2D eigenvalue weighted by Gasteiger charge is 2.15. The molecule has 0 unspecified atom stereocenters. The molecule has 0 aliphatic heterocycles. The molecule has 2 rings (SSSR count). The van der Waals surface area contributed by atoms with Crippen LogP contribution < -0.4 is 10.1 Å². The molecule has 0 bridgehead atoms. The van der Waals surface area contributed by atoms with Crippen LogP contribution in [0.25, 0.3) is 0 Å². The lowest BCUT2D eigenvalue weighted by Gasteiger charge is -2.09. The van der Waals surface area contributed by atoms with Gasteiger partial charge in [-0.25, -0.2) is 0 Å². The van der Waals surface area contributed by atoms with Crippen molar-refractivity contribution in [3.05, 3.63) is 64.0 Å². The molecule has 0 aromatic heterocycles. The molecular formula is C17H15Cl2N3O3. The lowest BCUT2D eigenvalue weighted by atomic mass is 10.2. The molecule has 8 heteroatoms. The molecule has 0 fully saturated rings. The monoisotopic (exact) mass is 379 g/mol. The number of azo groups is 1. The minimum atomic E-state index is -0.631. The van der Waals surface area contributed by atoms with Crippen LogP contribution in [-0.2, 0) is 4.79 Å². The van der Waals surface area contributed by atoms with Gasteiger partial charge < -0.3 is 15.2 Å². The van der Waals surface area contributed by atoms with Crippen molar-refractivity contribution >= 4 is 40.5 Å². The number of para-hydroxylation sites is 2. The third kappa shape index (κ3) is 4.95. The number of benzene rings is 2. The number of methoxy groups -OCH3 is 1. The summed E-state index contributed by atoms with van der Waals surface area (Å²) in [6, 6.07) is 11.5. The van der Waals surface area contributed by atoms with E-state index in [1.807, 2.05) is 0 Å². The van der Waals surface area contributed by atoms with Crippen molar-refractivity contribution in [2.75, 3.05) is 12.4 Å². The smallest absolute Gasteiger partial charge is 0.279 e. The number of aliphatic hydroxyl groups is 1. The average Bonchev–Trinajstić information content (AvgIpc) is 2.58. The molecule has 2 N–H and O–H groups in total. The second kappa shape index (κ2) is 8.50. The summed E-state index contributed by atoms with van der Waals surface area (Å²) in [5, 5.41) is 20.8. The van der Waals surface area contributed by atoms with Gasteiger partial charge in [0.15, 0.2) is 5.70 Å². The first kappa shape index (κ1) is 18.8. The van der Waals surface area contributed by atoms with E-state index < -0.39 is 5.91 Å². The van der Waals surface area contributed by atoms with E-state index in [-0.39, 0.29) is 11.5 Å². The number of carbonyl (C=O) groups is 1. The predicted octanol–water partition coefficient (Wildman–Crippen LogP) is 5.51. The first-order valence-corrected chi connectivity index (χ1v) is 7.89. The Morgan fingerprint density at radius 3 is 2.52 bits per heavy atom. The molecule has 130 valence electrons. The van der Waals surface area contributed by atoms with Crippen molar-refractivity contribution in [1.82, 2.24) is 0 Å². The number of ether oxygens (including phenoxy) is 1. The second-order valence-electron chi connectivity index (χ2n) is 4.89. The summed E-state index contributed by atoms with van der Waals surface area (Å²) in [6.07, 6.45) is 0. The van der Waals surface area contributed by atoms with E-state index in [2.05, 4.69) is 15.5 Å². The number of nitrogens with zero attached hydrogens (tertiary/aromatic N) is 2. The minimum Gasteiger partial charge on any atom is -0.510 e. The highest BCUT2D eigenvalue weighted by atomic mass is 35.5. The first-order chi connectivity index (χ1) is 11.9. The van der Waals surface area contributed by atoms with Crippen molar-refractivity contribution in [2.45, 2.75) is 6.92 Å². The third-order valence-electron chi connectivity index (χ3n) is 3.08. The van der Waals surface area contributed by atoms with Crippen LogP contribution in [0.5, 0.6) is 5.75 Å². The van der Waals surface area contributed by atoms with Gasteiger partial charge in [-0.3, -0.25) is 4.79 Å². The standard InChI is InChI=1S/C17H15Cl2N3O3/c1-10(23)16(22-21-11-7-8-12(18)13(19)9-11)17(24)20-14-5-3-4-6-15(14)25-2/h3-9,23H,1-2H3,(H,20,24)/b16-10+,22-21?. The molecule has 2 aromatic carbocycles. The molecule has 6 nitrogen and oxygen atoms in total. The van der Waals surface area contributed by atoms with E-state index in [1.165, 1.54) is 20.1 Å².